The van der Waals surface area contributed by atoms with Gasteiger partial charge >= 0.3 is 11.9 Å². The summed E-state index contributed by atoms with van der Waals surface area (Å²) in [5.74, 6) is -3.06. The average Bonchev–Trinajstić information content (AvgIpc) is 2.53. The fourth-order valence-electron chi connectivity index (χ4n) is 2.94. The molecule has 7 heteroatoms. The number of methoxy groups -OCH3 is 2. The molecule has 17 heavy (non-hydrogen) atoms. The molecule has 0 N–H and O–H groups in total. The largest absolute Gasteiger partial charge is 0.469 e. The van der Waals surface area contributed by atoms with Gasteiger partial charge in [0, 0.05) is 0 Å². The molecule has 0 unspecified atom stereocenters. The lowest BCUT2D eigenvalue weighted by Crippen LogP contribution is -2.54. The van der Waals surface area contributed by atoms with Gasteiger partial charge in [-0.1, -0.05) is 0 Å². The molecule has 0 amide bonds. The Morgan fingerprint density at radius 2 is 1.29 bits per heavy atom. The van der Waals surface area contributed by atoms with E-state index in [0.717, 1.165) is 0 Å². The van der Waals surface area contributed by atoms with Gasteiger partial charge in [0.05, 0.1) is 37.6 Å². The number of rotatable bonds is 2. The van der Waals surface area contributed by atoms with Crippen molar-refractivity contribution in [2.24, 2.45) is 23.7 Å². The summed E-state index contributed by atoms with van der Waals surface area (Å²) in [6.07, 6.45) is 0. The first-order valence-corrected chi connectivity index (χ1v) is 7.09. The Morgan fingerprint density at radius 1 is 0.941 bits per heavy atom. The van der Waals surface area contributed by atoms with Crippen LogP contribution >= 0.6 is 0 Å². The van der Waals surface area contributed by atoms with Gasteiger partial charge in [-0.15, -0.1) is 0 Å². The Balaban J connectivity index is 2.26. The minimum atomic E-state index is -3.15. The highest BCUT2D eigenvalue weighted by Crippen LogP contribution is 2.52. The minimum absolute atomic E-state index is 0.0368. The van der Waals surface area contributed by atoms with Crippen molar-refractivity contribution in [2.45, 2.75) is 0 Å². The maximum absolute atomic E-state index is 11.6. The fraction of sp³-hybridized carbons (Fsp3) is 0.800. The van der Waals surface area contributed by atoms with E-state index in [1.807, 2.05) is 0 Å². The molecule has 1 saturated carbocycles. The second kappa shape index (κ2) is 3.97. The van der Waals surface area contributed by atoms with Crippen LogP contribution in [0.1, 0.15) is 0 Å². The third-order valence-electron chi connectivity index (χ3n) is 3.70. The van der Waals surface area contributed by atoms with Gasteiger partial charge < -0.3 is 9.47 Å². The highest BCUT2D eigenvalue weighted by atomic mass is 32.2. The molecule has 2 fully saturated rings. The van der Waals surface area contributed by atoms with Crippen LogP contribution in [0.15, 0.2) is 0 Å². The van der Waals surface area contributed by atoms with Gasteiger partial charge in [-0.2, -0.15) is 0 Å². The minimum Gasteiger partial charge on any atom is -0.469 e. The number of carbonyl (C=O) groups excluding carboxylic acids is 2. The molecule has 96 valence electrons. The molecular formula is C10H14O6S. The first-order chi connectivity index (χ1) is 7.91. The quantitative estimate of drug-likeness (QED) is 0.608. The second-order valence-electron chi connectivity index (χ2n) is 4.50. The van der Waals surface area contributed by atoms with Crippen molar-refractivity contribution < 1.29 is 27.5 Å². The van der Waals surface area contributed by atoms with Crippen molar-refractivity contribution in [3.05, 3.63) is 0 Å². The van der Waals surface area contributed by atoms with Gasteiger partial charge in [-0.25, -0.2) is 8.42 Å². The van der Waals surface area contributed by atoms with Gasteiger partial charge in [0.25, 0.3) is 0 Å². The molecule has 6 nitrogen and oxygen atoms in total. The van der Waals surface area contributed by atoms with E-state index >= 15 is 0 Å². The van der Waals surface area contributed by atoms with Gasteiger partial charge in [0.2, 0.25) is 0 Å². The average molecular weight is 262 g/mol. The van der Waals surface area contributed by atoms with Crippen molar-refractivity contribution in [3.8, 4) is 0 Å². The summed E-state index contributed by atoms with van der Waals surface area (Å²) in [4.78, 5) is 23.1. The van der Waals surface area contributed by atoms with Gasteiger partial charge in [-0.3, -0.25) is 9.59 Å². The predicted molar refractivity (Wildman–Crippen MR) is 56.6 cm³/mol. The summed E-state index contributed by atoms with van der Waals surface area (Å²) in [6, 6.07) is 0. The number of fused-ring (bicyclic) bond motifs is 1. The van der Waals surface area contributed by atoms with Gasteiger partial charge in [0.15, 0.2) is 9.84 Å². The zero-order chi connectivity index (χ0) is 12.8. The molecule has 0 spiro atoms. The molecule has 1 heterocycles. The Bertz CT molecular complexity index is 417. The van der Waals surface area contributed by atoms with Crippen LogP contribution < -0.4 is 0 Å². The van der Waals surface area contributed by atoms with E-state index in [1.54, 1.807) is 0 Å². The molecule has 0 aromatic rings. The van der Waals surface area contributed by atoms with Crippen LogP contribution in [0.2, 0.25) is 0 Å². The summed E-state index contributed by atoms with van der Waals surface area (Å²) >= 11 is 0. The second-order valence-corrected chi connectivity index (χ2v) is 6.66. The molecule has 0 aromatic heterocycles. The number of esters is 2. The van der Waals surface area contributed by atoms with Crippen LogP contribution in [0.4, 0.5) is 0 Å². The lowest BCUT2D eigenvalue weighted by Gasteiger charge is -2.43. The van der Waals surface area contributed by atoms with Crippen molar-refractivity contribution in [1.82, 2.24) is 0 Å². The standard InChI is InChI=1S/C10H14O6S/c1-15-9(11)7-5-3-17(13,14)4-6(5)8(7)10(12)16-2/h5-8H,3-4H2,1-2H3/t5-,6-,7-,8-/m0/s1. The number of ether oxygens (including phenoxy) is 2. The topological polar surface area (TPSA) is 86.7 Å². The van der Waals surface area contributed by atoms with E-state index in [-0.39, 0.29) is 23.3 Å². The Labute approximate surface area is 99.2 Å². The van der Waals surface area contributed by atoms with E-state index in [2.05, 4.69) is 9.47 Å². The summed E-state index contributed by atoms with van der Waals surface area (Å²) in [7, 11) is -0.688. The SMILES string of the molecule is COC(=O)[C@H]1[C@H]2CS(=O)(=O)C[C@@H]2[C@@H]1C(=O)OC. The number of sulfone groups is 1. The van der Waals surface area contributed by atoms with E-state index in [0.29, 0.717) is 0 Å². The lowest BCUT2D eigenvalue weighted by molar-refractivity contribution is -0.174. The zero-order valence-electron chi connectivity index (χ0n) is 9.58. The molecular weight excluding hydrogens is 248 g/mol. The summed E-state index contributed by atoms with van der Waals surface area (Å²) in [5, 5.41) is 0. The van der Waals surface area contributed by atoms with Crippen molar-refractivity contribution in [1.29, 1.82) is 0 Å². The third-order valence-corrected chi connectivity index (χ3v) is 5.48. The molecule has 4 atom stereocenters. The van der Waals surface area contributed by atoms with E-state index in [4.69, 9.17) is 0 Å². The Kier molecular flexibility index (Phi) is 2.89. The third kappa shape index (κ3) is 1.82. The summed E-state index contributed by atoms with van der Waals surface area (Å²) < 4.78 is 32.2. The Morgan fingerprint density at radius 3 is 1.59 bits per heavy atom. The Hall–Kier alpha value is -1.11. The number of hydrogen-bond donors (Lipinski definition) is 0. The van der Waals surface area contributed by atoms with Crippen LogP contribution in [0.5, 0.6) is 0 Å². The molecule has 2 rings (SSSR count). The monoisotopic (exact) mass is 262 g/mol. The molecule has 1 aliphatic carbocycles. The summed E-state index contributed by atoms with van der Waals surface area (Å²) in [5.41, 5.74) is 0. The molecule has 2 aliphatic rings. The molecule has 0 bridgehead atoms. The van der Waals surface area contributed by atoms with Crippen LogP contribution in [-0.4, -0.2) is 46.1 Å². The smallest absolute Gasteiger partial charge is 0.309 e. The normalized spacial score (nSPS) is 37.8. The van der Waals surface area contributed by atoms with Crippen LogP contribution in [-0.2, 0) is 28.9 Å². The van der Waals surface area contributed by atoms with Crippen LogP contribution in [0.25, 0.3) is 0 Å². The van der Waals surface area contributed by atoms with E-state index in [9.17, 15) is 18.0 Å². The molecule has 0 radical (unpaired) electrons. The maximum Gasteiger partial charge on any atom is 0.309 e. The van der Waals surface area contributed by atoms with Crippen molar-refractivity contribution in [3.63, 3.8) is 0 Å². The maximum atomic E-state index is 11.6. The number of carbonyl (C=O) groups is 2. The highest BCUT2D eigenvalue weighted by Gasteiger charge is 2.63. The first kappa shape index (κ1) is 12.3. The molecule has 1 saturated heterocycles. The lowest BCUT2D eigenvalue weighted by atomic mass is 9.58. The summed E-state index contributed by atoms with van der Waals surface area (Å²) in [6.45, 7) is 0. The number of hydrogen-bond acceptors (Lipinski definition) is 6. The van der Waals surface area contributed by atoms with E-state index < -0.39 is 33.6 Å². The zero-order valence-corrected chi connectivity index (χ0v) is 10.4. The van der Waals surface area contributed by atoms with Gasteiger partial charge in [-0.05, 0) is 11.8 Å². The van der Waals surface area contributed by atoms with Crippen molar-refractivity contribution in [2.75, 3.05) is 25.7 Å². The van der Waals surface area contributed by atoms with Gasteiger partial charge in [0.1, 0.15) is 0 Å². The fourth-order valence-corrected chi connectivity index (χ4v) is 5.16. The predicted octanol–water partition coefficient (Wildman–Crippen LogP) is -0.761. The molecule has 0 aromatic carbocycles. The van der Waals surface area contributed by atoms with Crippen LogP contribution in [0.3, 0.4) is 0 Å². The molecule has 1 aliphatic heterocycles. The van der Waals surface area contributed by atoms with E-state index in [1.165, 1.54) is 14.2 Å². The highest BCUT2D eigenvalue weighted by molar-refractivity contribution is 7.91. The first-order valence-electron chi connectivity index (χ1n) is 5.27. The van der Waals surface area contributed by atoms with Crippen molar-refractivity contribution >= 4 is 21.8 Å². The van der Waals surface area contributed by atoms with Crippen LogP contribution in [0, 0.1) is 23.7 Å².